The molecule has 0 heterocycles. The van der Waals surface area contributed by atoms with Crippen molar-refractivity contribution in [2.75, 3.05) is 0 Å². The summed E-state index contributed by atoms with van der Waals surface area (Å²) in [6.45, 7) is 4.62. The van der Waals surface area contributed by atoms with Crippen molar-refractivity contribution in [3.63, 3.8) is 0 Å². The van der Waals surface area contributed by atoms with Crippen LogP contribution in [0.1, 0.15) is 386 Å². The molecule has 0 unspecified atom stereocenters. The molecule has 1 nitrogen and oxygen atoms in total. The highest BCUT2D eigenvalue weighted by Crippen LogP contribution is 2.19. The first-order chi connectivity index (χ1) is 30.8. The van der Waals surface area contributed by atoms with Gasteiger partial charge in [-0.15, -0.1) is 0 Å². The maximum absolute atomic E-state index is 12.3. The summed E-state index contributed by atoms with van der Waals surface area (Å²) in [6, 6.07) is 0. The summed E-state index contributed by atoms with van der Waals surface area (Å²) in [5.41, 5.74) is 0. The van der Waals surface area contributed by atoms with Crippen molar-refractivity contribution in [3.05, 3.63) is 0 Å². The number of carbonyl (C=O) groups excluding carboxylic acids is 1. The zero-order valence-electron chi connectivity index (χ0n) is 43.9. The van der Waals surface area contributed by atoms with Crippen LogP contribution in [0, 0.1) is 0 Å². The van der Waals surface area contributed by atoms with Crippen molar-refractivity contribution in [3.8, 4) is 0 Å². The molecule has 0 fully saturated rings. The second-order valence-corrected chi connectivity index (χ2v) is 21.1. The van der Waals surface area contributed by atoms with Gasteiger partial charge < -0.3 is 0 Å². The average Bonchev–Trinajstić information content (AvgIpc) is 3.28. The van der Waals surface area contributed by atoms with E-state index in [0.29, 0.717) is 5.78 Å². The van der Waals surface area contributed by atoms with Crippen LogP contribution < -0.4 is 0 Å². The minimum Gasteiger partial charge on any atom is -0.300 e. The van der Waals surface area contributed by atoms with Crippen LogP contribution in [0.2, 0.25) is 0 Å². The van der Waals surface area contributed by atoms with Crippen LogP contribution in [-0.4, -0.2) is 5.78 Å². The van der Waals surface area contributed by atoms with E-state index in [-0.39, 0.29) is 0 Å². The zero-order chi connectivity index (χ0) is 44.6. The Labute approximate surface area is 395 Å². The first-order valence-electron chi connectivity index (χ1n) is 30.3. The van der Waals surface area contributed by atoms with Crippen LogP contribution in [-0.2, 0) is 4.79 Å². The predicted octanol–water partition coefficient (Wildman–Crippen LogP) is 23.2. The second-order valence-electron chi connectivity index (χ2n) is 21.1. The van der Waals surface area contributed by atoms with Gasteiger partial charge >= 0.3 is 0 Å². The van der Waals surface area contributed by atoms with Gasteiger partial charge in [0.25, 0.3) is 0 Å². The molecule has 0 atom stereocenters. The molecule has 372 valence electrons. The third-order valence-corrected chi connectivity index (χ3v) is 14.6. The van der Waals surface area contributed by atoms with E-state index in [9.17, 15) is 4.79 Å². The SMILES string of the molecule is CCCCCCCCCCCCCCCCCCCCCCCCCCCCCCC(=O)CCCCCCCCCCCCCCCCCCCCCCCCCCCCCC. The van der Waals surface area contributed by atoms with E-state index in [4.69, 9.17) is 0 Å². The van der Waals surface area contributed by atoms with E-state index >= 15 is 0 Å². The molecule has 0 radical (unpaired) electrons. The Kier molecular flexibility index (Phi) is 58.4. The summed E-state index contributed by atoms with van der Waals surface area (Å²) < 4.78 is 0. The molecule has 0 aliphatic heterocycles. The first kappa shape index (κ1) is 61.7. The normalized spacial score (nSPS) is 11.6. The summed E-state index contributed by atoms with van der Waals surface area (Å²) in [7, 11) is 0. The average molecular weight is 872 g/mol. The lowest BCUT2D eigenvalue weighted by molar-refractivity contribution is -0.119. The van der Waals surface area contributed by atoms with Gasteiger partial charge in [0.05, 0.1) is 0 Å². The third kappa shape index (κ3) is 57.7. The van der Waals surface area contributed by atoms with Gasteiger partial charge in [-0.25, -0.2) is 0 Å². The van der Waals surface area contributed by atoms with Gasteiger partial charge in [0.2, 0.25) is 0 Å². The lowest BCUT2D eigenvalue weighted by Gasteiger charge is -2.05. The smallest absolute Gasteiger partial charge is 0.132 e. The molecule has 1 heteroatoms. The Bertz CT molecular complexity index is 709. The van der Waals surface area contributed by atoms with Gasteiger partial charge in [-0.1, -0.05) is 361 Å². The van der Waals surface area contributed by atoms with E-state index in [0.717, 1.165) is 25.7 Å². The van der Waals surface area contributed by atoms with Crippen LogP contribution in [0.25, 0.3) is 0 Å². The third-order valence-electron chi connectivity index (χ3n) is 14.6. The molecule has 0 aliphatic carbocycles. The molecular formula is C61H122O. The molecule has 0 aromatic rings. The van der Waals surface area contributed by atoms with Crippen LogP contribution >= 0.6 is 0 Å². The van der Waals surface area contributed by atoms with Crippen molar-refractivity contribution in [1.82, 2.24) is 0 Å². The monoisotopic (exact) mass is 871 g/mol. The molecule has 0 aliphatic rings. The first-order valence-corrected chi connectivity index (χ1v) is 30.3. The van der Waals surface area contributed by atoms with Crippen molar-refractivity contribution < 1.29 is 4.79 Å². The van der Waals surface area contributed by atoms with Crippen molar-refractivity contribution in [1.29, 1.82) is 0 Å². The van der Waals surface area contributed by atoms with Gasteiger partial charge in [0, 0.05) is 12.8 Å². The fraction of sp³-hybridized carbons (Fsp3) is 0.984. The molecule has 0 spiro atoms. The number of hydrogen-bond donors (Lipinski definition) is 0. The molecule has 0 rings (SSSR count). The van der Waals surface area contributed by atoms with Crippen LogP contribution in [0.3, 0.4) is 0 Å². The topological polar surface area (TPSA) is 17.1 Å². The van der Waals surface area contributed by atoms with E-state index in [2.05, 4.69) is 13.8 Å². The Morgan fingerprint density at radius 2 is 0.258 bits per heavy atom. The summed E-state index contributed by atoms with van der Waals surface area (Å²) in [5.74, 6) is 0.537. The van der Waals surface area contributed by atoms with E-state index in [1.54, 1.807) is 0 Å². The maximum atomic E-state index is 12.3. The highest BCUT2D eigenvalue weighted by Gasteiger charge is 2.03. The quantitative estimate of drug-likeness (QED) is 0.0557. The number of unbranched alkanes of at least 4 members (excludes halogenated alkanes) is 54. The molecule has 0 bridgehead atoms. The summed E-state index contributed by atoms with van der Waals surface area (Å²) in [4.78, 5) is 12.3. The van der Waals surface area contributed by atoms with Gasteiger partial charge in [-0.2, -0.15) is 0 Å². The Hall–Kier alpha value is -0.330. The number of carbonyl (C=O) groups is 1. The van der Waals surface area contributed by atoms with E-state index in [1.165, 1.54) is 347 Å². The molecule has 0 aromatic carbocycles. The fourth-order valence-corrected chi connectivity index (χ4v) is 10.1. The van der Waals surface area contributed by atoms with Crippen molar-refractivity contribution in [2.24, 2.45) is 0 Å². The highest BCUT2D eigenvalue weighted by molar-refractivity contribution is 5.78. The maximum Gasteiger partial charge on any atom is 0.132 e. The van der Waals surface area contributed by atoms with E-state index < -0.39 is 0 Å². The Balaban J connectivity index is 3.14. The lowest BCUT2D eigenvalue weighted by atomic mass is 10.0. The standard InChI is InChI=1S/C61H122O/c1-3-5-7-9-11-13-15-17-19-21-23-25-27-29-31-33-35-37-39-41-43-45-47-49-51-53-55-57-59-61(62)60-58-56-54-52-50-48-46-44-42-40-38-36-34-32-30-28-26-24-22-20-18-16-14-12-10-8-6-4-2/h3-60H2,1-2H3. The summed E-state index contributed by atoms with van der Waals surface area (Å²) in [5, 5.41) is 0. The Morgan fingerprint density at radius 3 is 0.371 bits per heavy atom. The number of Topliss-reactive ketones (excluding diaryl/α,β-unsaturated/α-hetero) is 1. The van der Waals surface area contributed by atoms with Crippen molar-refractivity contribution >= 4 is 5.78 Å². The molecule has 0 N–H and O–H groups in total. The minimum atomic E-state index is 0.537. The van der Waals surface area contributed by atoms with Gasteiger partial charge in [0.15, 0.2) is 0 Å². The number of hydrogen-bond acceptors (Lipinski definition) is 1. The zero-order valence-corrected chi connectivity index (χ0v) is 43.9. The molecule has 62 heavy (non-hydrogen) atoms. The summed E-state index contributed by atoms with van der Waals surface area (Å²) >= 11 is 0. The molecule has 0 saturated heterocycles. The van der Waals surface area contributed by atoms with Crippen molar-refractivity contribution in [2.45, 2.75) is 386 Å². The van der Waals surface area contributed by atoms with Crippen LogP contribution in [0.5, 0.6) is 0 Å². The van der Waals surface area contributed by atoms with Crippen LogP contribution in [0.15, 0.2) is 0 Å². The second kappa shape index (κ2) is 58.7. The number of ketones is 1. The predicted molar refractivity (Wildman–Crippen MR) is 284 cm³/mol. The molecule has 0 aromatic heterocycles. The molecular weight excluding hydrogens is 749 g/mol. The van der Waals surface area contributed by atoms with Crippen LogP contribution in [0.4, 0.5) is 0 Å². The number of rotatable bonds is 58. The fourth-order valence-electron chi connectivity index (χ4n) is 10.1. The van der Waals surface area contributed by atoms with Gasteiger partial charge in [-0.3, -0.25) is 4.79 Å². The summed E-state index contributed by atoms with van der Waals surface area (Å²) in [6.07, 6.45) is 82.2. The highest BCUT2D eigenvalue weighted by atomic mass is 16.1. The molecule has 0 saturated carbocycles. The lowest BCUT2D eigenvalue weighted by Crippen LogP contribution is -1.97. The molecule has 0 amide bonds. The Morgan fingerprint density at radius 1 is 0.161 bits per heavy atom. The van der Waals surface area contributed by atoms with E-state index in [1.807, 2.05) is 0 Å². The van der Waals surface area contributed by atoms with Gasteiger partial charge in [0.1, 0.15) is 5.78 Å². The largest absolute Gasteiger partial charge is 0.300 e. The minimum absolute atomic E-state index is 0.537. The van der Waals surface area contributed by atoms with Gasteiger partial charge in [-0.05, 0) is 12.8 Å².